The van der Waals surface area contributed by atoms with Crippen LogP contribution in [0, 0.1) is 0 Å². The molecule has 0 bridgehead atoms. The monoisotopic (exact) mass is 175 g/mol. The normalized spacial score (nSPS) is 31.0. The number of allylic oxidation sites excluding steroid dienone is 3. The fraction of sp³-hybridized carbons (Fsp3) is 0.500. The van der Waals surface area contributed by atoms with E-state index in [9.17, 15) is 0 Å². The average molecular weight is 175 g/mol. The van der Waals surface area contributed by atoms with Crippen molar-refractivity contribution in [1.82, 2.24) is 5.32 Å². The van der Waals surface area contributed by atoms with Crippen LogP contribution in [0.25, 0.3) is 0 Å². The third-order valence-corrected chi connectivity index (χ3v) is 2.84. The summed E-state index contributed by atoms with van der Waals surface area (Å²) < 4.78 is 0. The molecule has 1 fully saturated rings. The summed E-state index contributed by atoms with van der Waals surface area (Å²) in [5, 5.41) is 3.55. The van der Waals surface area contributed by atoms with Gasteiger partial charge in [-0.1, -0.05) is 24.3 Å². The van der Waals surface area contributed by atoms with Crippen LogP contribution in [-0.2, 0) is 0 Å². The Bertz CT molecular complexity index is 271. The molecule has 1 nitrogen and oxygen atoms in total. The summed E-state index contributed by atoms with van der Waals surface area (Å²) in [6, 6.07) is 0.658. The van der Waals surface area contributed by atoms with Crippen molar-refractivity contribution in [2.45, 2.75) is 32.2 Å². The van der Waals surface area contributed by atoms with Gasteiger partial charge in [0.2, 0.25) is 0 Å². The molecule has 0 radical (unpaired) electrons. The van der Waals surface area contributed by atoms with Crippen LogP contribution in [0.3, 0.4) is 0 Å². The lowest BCUT2D eigenvalue weighted by molar-refractivity contribution is 0.562. The molecule has 1 saturated carbocycles. The van der Waals surface area contributed by atoms with Crippen molar-refractivity contribution in [3.05, 3.63) is 35.5 Å². The highest BCUT2D eigenvalue weighted by atomic mass is 14.9. The van der Waals surface area contributed by atoms with Gasteiger partial charge in [-0.15, -0.1) is 0 Å². The van der Waals surface area contributed by atoms with Crippen LogP contribution in [0.15, 0.2) is 35.5 Å². The Morgan fingerprint density at radius 2 is 2.46 bits per heavy atom. The van der Waals surface area contributed by atoms with Crippen molar-refractivity contribution in [2.24, 2.45) is 0 Å². The van der Waals surface area contributed by atoms with E-state index in [1.807, 2.05) is 0 Å². The van der Waals surface area contributed by atoms with Crippen molar-refractivity contribution in [2.75, 3.05) is 6.54 Å². The van der Waals surface area contributed by atoms with Gasteiger partial charge in [0.15, 0.2) is 0 Å². The van der Waals surface area contributed by atoms with Gasteiger partial charge in [0.05, 0.1) is 0 Å². The fourth-order valence-corrected chi connectivity index (χ4v) is 2.19. The van der Waals surface area contributed by atoms with Crippen LogP contribution < -0.4 is 5.32 Å². The van der Waals surface area contributed by atoms with Crippen molar-refractivity contribution in [3.8, 4) is 0 Å². The Morgan fingerprint density at radius 1 is 1.54 bits per heavy atom. The number of nitrogens with one attached hydrogen (secondary N) is 1. The first-order chi connectivity index (χ1) is 6.42. The molecular formula is C12H17N. The van der Waals surface area contributed by atoms with Crippen molar-refractivity contribution in [1.29, 1.82) is 0 Å². The Labute approximate surface area is 80.2 Å². The lowest BCUT2D eigenvalue weighted by Gasteiger charge is -2.19. The largest absolute Gasteiger partial charge is 0.310 e. The second kappa shape index (κ2) is 3.93. The number of hydrogen-bond acceptors (Lipinski definition) is 1. The highest BCUT2D eigenvalue weighted by Crippen LogP contribution is 2.32. The topological polar surface area (TPSA) is 12.0 Å². The molecule has 1 N–H and O–H groups in total. The van der Waals surface area contributed by atoms with Gasteiger partial charge < -0.3 is 5.32 Å². The van der Waals surface area contributed by atoms with Crippen LogP contribution in [0.2, 0.25) is 0 Å². The zero-order valence-electron chi connectivity index (χ0n) is 8.22. The number of fused-ring (bicyclic) bond motifs is 1. The van der Waals surface area contributed by atoms with Crippen molar-refractivity contribution < 1.29 is 0 Å². The van der Waals surface area contributed by atoms with Crippen LogP contribution in [-0.4, -0.2) is 12.6 Å². The first-order valence-electron chi connectivity index (χ1n) is 5.17. The summed E-state index contributed by atoms with van der Waals surface area (Å²) in [6.45, 7) is 3.22. The maximum absolute atomic E-state index is 3.55. The molecule has 0 spiro atoms. The molecule has 0 aromatic carbocycles. The molecule has 1 unspecified atom stereocenters. The standard InChI is InChI=1S/C12H17N/c1-2-3-5-10-7-8-12-11(10)6-4-9-13-12/h2-3,5-6,12-13H,4,7-9H2,1H3. The molecule has 1 aliphatic carbocycles. The summed E-state index contributed by atoms with van der Waals surface area (Å²) in [5.74, 6) is 0. The summed E-state index contributed by atoms with van der Waals surface area (Å²) in [4.78, 5) is 0. The Hall–Kier alpha value is -0.820. The lowest BCUT2D eigenvalue weighted by Crippen LogP contribution is -2.31. The first-order valence-corrected chi connectivity index (χ1v) is 5.17. The fourth-order valence-electron chi connectivity index (χ4n) is 2.19. The molecule has 70 valence electrons. The van der Waals surface area contributed by atoms with E-state index in [0.29, 0.717) is 6.04 Å². The Morgan fingerprint density at radius 3 is 3.31 bits per heavy atom. The third-order valence-electron chi connectivity index (χ3n) is 2.84. The van der Waals surface area contributed by atoms with E-state index in [0.717, 1.165) is 6.54 Å². The SMILES string of the molecule is CC=CC=C1CCC2NCCC=C12. The third kappa shape index (κ3) is 1.75. The van der Waals surface area contributed by atoms with Crippen molar-refractivity contribution in [3.63, 3.8) is 0 Å². The van der Waals surface area contributed by atoms with Crippen LogP contribution in [0.5, 0.6) is 0 Å². The van der Waals surface area contributed by atoms with Gasteiger partial charge in [-0.2, -0.15) is 0 Å². The molecule has 2 aliphatic rings. The maximum atomic E-state index is 3.55. The minimum atomic E-state index is 0.658. The van der Waals surface area contributed by atoms with Crippen LogP contribution >= 0.6 is 0 Å². The second-order valence-corrected chi connectivity index (χ2v) is 3.71. The van der Waals surface area contributed by atoms with E-state index in [4.69, 9.17) is 0 Å². The van der Waals surface area contributed by atoms with Gasteiger partial charge in [-0.3, -0.25) is 0 Å². The van der Waals surface area contributed by atoms with E-state index in [1.54, 1.807) is 5.57 Å². The molecule has 1 heteroatoms. The van der Waals surface area contributed by atoms with Gasteiger partial charge in [0.1, 0.15) is 0 Å². The predicted octanol–water partition coefficient (Wildman–Crippen LogP) is 2.57. The molecule has 2 rings (SSSR count). The first kappa shape index (κ1) is 8.76. The average Bonchev–Trinajstić information content (AvgIpc) is 2.58. The minimum Gasteiger partial charge on any atom is -0.310 e. The zero-order chi connectivity index (χ0) is 9.10. The van der Waals surface area contributed by atoms with E-state index < -0.39 is 0 Å². The summed E-state index contributed by atoms with van der Waals surface area (Å²) in [7, 11) is 0. The molecule has 0 amide bonds. The van der Waals surface area contributed by atoms with Crippen LogP contribution in [0.4, 0.5) is 0 Å². The maximum Gasteiger partial charge on any atom is 0.0323 e. The number of hydrogen-bond donors (Lipinski definition) is 1. The molecule has 1 atom stereocenters. The van der Waals surface area contributed by atoms with Gasteiger partial charge in [0, 0.05) is 6.04 Å². The van der Waals surface area contributed by atoms with E-state index in [1.165, 1.54) is 24.8 Å². The second-order valence-electron chi connectivity index (χ2n) is 3.71. The smallest absolute Gasteiger partial charge is 0.0323 e. The molecule has 0 aromatic rings. The van der Waals surface area contributed by atoms with Gasteiger partial charge >= 0.3 is 0 Å². The highest BCUT2D eigenvalue weighted by Gasteiger charge is 2.25. The number of rotatable bonds is 1. The predicted molar refractivity (Wildman–Crippen MR) is 56.6 cm³/mol. The van der Waals surface area contributed by atoms with Gasteiger partial charge in [0.25, 0.3) is 0 Å². The van der Waals surface area contributed by atoms with E-state index in [2.05, 4.69) is 36.5 Å². The van der Waals surface area contributed by atoms with Crippen LogP contribution in [0.1, 0.15) is 26.2 Å². The molecule has 0 saturated heterocycles. The Balaban J connectivity index is 2.19. The molecule has 13 heavy (non-hydrogen) atoms. The summed E-state index contributed by atoms with van der Waals surface area (Å²) >= 11 is 0. The van der Waals surface area contributed by atoms with Gasteiger partial charge in [-0.05, 0) is 43.9 Å². The lowest BCUT2D eigenvalue weighted by atomic mass is 10.0. The Kier molecular flexibility index (Phi) is 2.65. The quantitative estimate of drug-likeness (QED) is 0.646. The van der Waals surface area contributed by atoms with Gasteiger partial charge in [-0.25, -0.2) is 0 Å². The van der Waals surface area contributed by atoms with Crippen molar-refractivity contribution >= 4 is 0 Å². The molecular weight excluding hydrogens is 158 g/mol. The molecule has 1 heterocycles. The van der Waals surface area contributed by atoms with E-state index >= 15 is 0 Å². The summed E-state index contributed by atoms with van der Waals surface area (Å²) in [5.41, 5.74) is 3.10. The summed E-state index contributed by atoms with van der Waals surface area (Å²) in [6.07, 6.45) is 12.6. The van der Waals surface area contributed by atoms with E-state index in [-0.39, 0.29) is 0 Å². The molecule has 0 aromatic heterocycles. The highest BCUT2D eigenvalue weighted by molar-refractivity contribution is 5.42. The molecule has 1 aliphatic heterocycles. The zero-order valence-corrected chi connectivity index (χ0v) is 8.22. The minimum absolute atomic E-state index is 0.658.